The van der Waals surface area contributed by atoms with Crippen molar-refractivity contribution in [3.05, 3.63) is 21.7 Å². The van der Waals surface area contributed by atoms with Gasteiger partial charge in [-0.3, -0.25) is 0 Å². The highest BCUT2D eigenvalue weighted by Crippen LogP contribution is 2.41. The Morgan fingerprint density at radius 2 is 2.00 bits per heavy atom. The van der Waals surface area contributed by atoms with Gasteiger partial charge in [0, 0.05) is 0 Å². The minimum Gasteiger partial charge on any atom is -0.504 e. The maximum atomic E-state index is 9.37. The molecular formula is C9H9BrO2. The summed E-state index contributed by atoms with van der Waals surface area (Å²) in [6.45, 7) is 0. The summed E-state index contributed by atoms with van der Waals surface area (Å²) in [4.78, 5) is 0. The van der Waals surface area contributed by atoms with Crippen LogP contribution >= 0.6 is 15.9 Å². The van der Waals surface area contributed by atoms with E-state index in [2.05, 4.69) is 15.9 Å². The molecule has 0 heterocycles. The molecule has 0 unspecified atom stereocenters. The molecule has 64 valence electrons. The number of rotatable bonds is 0. The van der Waals surface area contributed by atoms with Gasteiger partial charge in [-0.05, 0) is 52.4 Å². The fourth-order valence-corrected chi connectivity index (χ4v) is 2.32. The van der Waals surface area contributed by atoms with Crippen LogP contribution in [0.4, 0.5) is 0 Å². The summed E-state index contributed by atoms with van der Waals surface area (Å²) >= 11 is 3.27. The number of halogens is 1. The summed E-state index contributed by atoms with van der Waals surface area (Å²) in [6, 6.07) is 1.66. The van der Waals surface area contributed by atoms with Gasteiger partial charge in [0.05, 0.1) is 4.47 Å². The second-order valence-electron chi connectivity index (χ2n) is 3.05. The van der Waals surface area contributed by atoms with Gasteiger partial charge < -0.3 is 10.2 Å². The maximum Gasteiger partial charge on any atom is 0.172 e. The van der Waals surface area contributed by atoms with Crippen molar-refractivity contribution < 1.29 is 10.2 Å². The highest BCUT2D eigenvalue weighted by atomic mass is 79.9. The van der Waals surface area contributed by atoms with E-state index in [0.29, 0.717) is 4.47 Å². The van der Waals surface area contributed by atoms with E-state index in [4.69, 9.17) is 0 Å². The zero-order chi connectivity index (χ0) is 8.72. The number of aryl methyl sites for hydroxylation is 1. The average molecular weight is 229 g/mol. The lowest BCUT2D eigenvalue weighted by Crippen LogP contribution is -1.84. The lowest BCUT2D eigenvalue weighted by molar-refractivity contribution is 0.400. The van der Waals surface area contributed by atoms with Crippen LogP contribution < -0.4 is 0 Å². The van der Waals surface area contributed by atoms with Gasteiger partial charge in [-0.1, -0.05) is 0 Å². The molecule has 2 nitrogen and oxygen atoms in total. The van der Waals surface area contributed by atoms with Crippen LogP contribution in [0.25, 0.3) is 0 Å². The number of fused-ring (bicyclic) bond motifs is 1. The first-order chi connectivity index (χ1) is 5.70. The minimum atomic E-state index is -0.0318. The number of phenols is 2. The third kappa shape index (κ3) is 1.00. The van der Waals surface area contributed by atoms with Gasteiger partial charge in [0.15, 0.2) is 11.5 Å². The molecule has 1 aromatic rings. The lowest BCUT2D eigenvalue weighted by Gasteiger charge is -2.06. The van der Waals surface area contributed by atoms with E-state index in [1.165, 1.54) is 0 Å². The average Bonchev–Trinajstić information content (AvgIpc) is 2.48. The first-order valence-electron chi connectivity index (χ1n) is 3.92. The molecule has 0 amide bonds. The van der Waals surface area contributed by atoms with Gasteiger partial charge in [0.1, 0.15) is 0 Å². The maximum absolute atomic E-state index is 9.37. The Hall–Kier alpha value is -0.700. The molecule has 1 aliphatic carbocycles. The molecule has 2 rings (SSSR count). The van der Waals surface area contributed by atoms with E-state index in [0.717, 1.165) is 30.4 Å². The molecule has 2 N–H and O–H groups in total. The standard InChI is InChI=1S/C9H9BrO2/c10-8-6-3-1-2-5(6)4-7(11)9(8)12/h4,11-12H,1-3H2. The quantitative estimate of drug-likeness (QED) is 0.670. The molecule has 1 aromatic carbocycles. The van der Waals surface area contributed by atoms with Crippen LogP contribution in [-0.2, 0) is 12.8 Å². The predicted molar refractivity (Wildman–Crippen MR) is 49.5 cm³/mol. The summed E-state index contributed by atoms with van der Waals surface area (Å²) < 4.78 is 0.662. The van der Waals surface area contributed by atoms with Gasteiger partial charge in [0.25, 0.3) is 0 Å². The molecule has 0 radical (unpaired) electrons. The number of aromatic hydroxyl groups is 2. The van der Waals surface area contributed by atoms with Gasteiger partial charge in [-0.2, -0.15) is 0 Å². The van der Waals surface area contributed by atoms with Crippen LogP contribution in [0.3, 0.4) is 0 Å². The van der Waals surface area contributed by atoms with Gasteiger partial charge in [-0.25, -0.2) is 0 Å². The van der Waals surface area contributed by atoms with E-state index in [1.807, 2.05) is 0 Å². The Morgan fingerprint density at radius 1 is 1.25 bits per heavy atom. The highest BCUT2D eigenvalue weighted by Gasteiger charge is 2.18. The molecule has 0 saturated heterocycles. The van der Waals surface area contributed by atoms with E-state index in [1.54, 1.807) is 6.07 Å². The fourth-order valence-electron chi connectivity index (χ4n) is 1.67. The van der Waals surface area contributed by atoms with Crippen molar-refractivity contribution in [3.63, 3.8) is 0 Å². The van der Waals surface area contributed by atoms with Crippen LogP contribution in [-0.4, -0.2) is 10.2 Å². The topological polar surface area (TPSA) is 40.5 Å². The van der Waals surface area contributed by atoms with Crippen molar-refractivity contribution >= 4 is 15.9 Å². The normalized spacial score (nSPS) is 14.8. The zero-order valence-electron chi connectivity index (χ0n) is 6.47. The summed E-state index contributed by atoms with van der Waals surface area (Å²) in [5.41, 5.74) is 2.29. The Bertz CT molecular complexity index is 334. The highest BCUT2D eigenvalue weighted by molar-refractivity contribution is 9.10. The summed E-state index contributed by atoms with van der Waals surface area (Å²) in [5.74, 6) is -0.0572. The largest absolute Gasteiger partial charge is 0.504 e. The second-order valence-corrected chi connectivity index (χ2v) is 3.84. The van der Waals surface area contributed by atoms with E-state index >= 15 is 0 Å². The van der Waals surface area contributed by atoms with Crippen molar-refractivity contribution in [2.24, 2.45) is 0 Å². The number of hydrogen-bond donors (Lipinski definition) is 2. The summed E-state index contributed by atoms with van der Waals surface area (Å²) in [7, 11) is 0. The molecule has 0 spiro atoms. The molecule has 12 heavy (non-hydrogen) atoms. The molecule has 0 fully saturated rings. The Kier molecular flexibility index (Phi) is 1.76. The third-order valence-electron chi connectivity index (χ3n) is 2.29. The number of benzene rings is 1. The number of hydrogen-bond acceptors (Lipinski definition) is 2. The van der Waals surface area contributed by atoms with E-state index in [9.17, 15) is 10.2 Å². The molecule has 3 heteroatoms. The summed E-state index contributed by atoms with van der Waals surface area (Å²) in [6.07, 6.45) is 3.10. The number of phenolic OH excluding ortho intramolecular Hbond substituents is 2. The monoisotopic (exact) mass is 228 g/mol. The van der Waals surface area contributed by atoms with Crippen molar-refractivity contribution in [3.8, 4) is 11.5 Å². The second kappa shape index (κ2) is 2.66. The molecule has 0 saturated carbocycles. The molecule has 0 aliphatic heterocycles. The molecule has 1 aliphatic rings. The van der Waals surface area contributed by atoms with Crippen molar-refractivity contribution in [2.45, 2.75) is 19.3 Å². The Balaban J connectivity index is 2.67. The van der Waals surface area contributed by atoms with Crippen LogP contribution in [0.2, 0.25) is 0 Å². The first-order valence-corrected chi connectivity index (χ1v) is 4.71. The van der Waals surface area contributed by atoms with Crippen LogP contribution in [0.5, 0.6) is 11.5 Å². The van der Waals surface area contributed by atoms with Crippen molar-refractivity contribution in [1.29, 1.82) is 0 Å². The molecular weight excluding hydrogens is 220 g/mol. The van der Waals surface area contributed by atoms with Crippen LogP contribution in [0.15, 0.2) is 10.5 Å². The minimum absolute atomic E-state index is 0.0254. The lowest BCUT2D eigenvalue weighted by atomic mass is 10.1. The van der Waals surface area contributed by atoms with Gasteiger partial charge in [-0.15, -0.1) is 0 Å². The van der Waals surface area contributed by atoms with Crippen LogP contribution in [0, 0.1) is 0 Å². The van der Waals surface area contributed by atoms with Gasteiger partial charge in [0.2, 0.25) is 0 Å². The molecule has 0 atom stereocenters. The van der Waals surface area contributed by atoms with Gasteiger partial charge >= 0.3 is 0 Å². The molecule has 0 bridgehead atoms. The Morgan fingerprint density at radius 3 is 2.75 bits per heavy atom. The smallest absolute Gasteiger partial charge is 0.172 e. The fraction of sp³-hybridized carbons (Fsp3) is 0.333. The molecule has 0 aromatic heterocycles. The predicted octanol–water partition coefficient (Wildman–Crippen LogP) is 2.35. The van der Waals surface area contributed by atoms with Crippen LogP contribution in [0.1, 0.15) is 17.5 Å². The SMILES string of the molecule is Oc1cc2c(c(Br)c1O)CCC2. The van der Waals surface area contributed by atoms with E-state index < -0.39 is 0 Å². The third-order valence-corrected chi connectivity index (χ3v) is 3.14. The zero-order valence-corrected chi connectivity index (χ0v) is 8.06. The Labute approximate surface area is 79.0 Å². The van der Waals surface area contributed by atoms with E-state index in [-0.39, 0.29) is 11.5 Å². The van der Waals surface area contributed by atoms with Crippen molar-refractivity contribution in [2.75, 3.05) is 0 Å². The van der Waals surface area contributed by atoms with Crippen molar-refractivity contribution in [1.82, 2.24) is 0 Å². The summed E-state index contributed by atoms with van der Waals surface area (Å²) in [5, 5.41) is 18.7. The first kappa shape index (κ1) is 7.92.